The lowest BCUT2D eigenvalue weighted by molar-refractivity contribution is 0.0553. The van der Waals surface area contributed by atoms with Gasteiger partial charge in [0.25, 0.3) is 0 Å². The molecule has 2 N–H and O–H groups in total. The quantitative estimate of drug-likeness (QED) is 0.828. The zero-order valence-corrected chi connectivity index (χ0v) is 11.9. The van der Waals surface area contributed by atoms with Gasteiger partial charge in [0.2, 0.25) is 0 Å². The number of ether oxygens (including phenoxy) is 2. The minimum absolute atomic E-state index is 0.283. The Bertz CT molecular complexity index is 426. The second kappa shape index (κ2) is 5.80. The van der Waals surface area contributed by atoms with Crippen LogP contribution >= 0.6 is 0 Å². The number of likely N-dealkylation sites (N-methyl/N-ethyl adjacent to an activating group) is 1. The Morgan fingerprint density at radius 1 is 1.47 bits per heavy atom. The lowest BCUT2D eigenvalue weighted by Gasteiger charge is -2.17. The van der Waals surface area contributed by atoms with Gasteiger partial charge in [-0.1, -0.05) is 6.92 Å². The predicted octanol–water partition coefficient (Wildman–Crippen LogP) is 2.27. The zero-order chi connectivity index (χ0) is 13.9. The highest BCUT2D eigenvalue weighted by Gasteiger charge is 2.23. The Balaban J connectivity index is 1.95. The van der Waals surface area contributed by atoms with Gasteiger partial charge in [0.05, 0.1) is 18.2 Å². The number of benzene rings is 1. The van der Waals surface area contributed by atoms with E-state index in [-0.39, 0.29) is 6.04 Å². The third kappa shape index (κ3) is 3.85. The molecule has 1 heterocycles. The summed E-state index contributed by atoms with van der Waals surface area (Å²) in [5.41, 5.74) is 0.500. The molecule has 1 aromatic carbocycles. The van der Waals surface area contributed by atoms with Crippen molar-refractivity contribution in [2.24, 2.45) is 0 Å². The summed E-state index contributed by atoms with van der Waals surface area (Å²) in [6, 6.07) is 6.22. The van der Waals surface area contributed by atoms with E-state index in [0.29, 0.717) is 19.6 Å². The van der Waals surface area contributed by atoms with Gasteiger partial charge in [-0.3, -0.25) is 0 Å². The van der Waals surface area contributed by atoms with Crippen LogP contribution in [0.25, 0.3) is 0 Å². The molecule has 0 aromatic heterocycles. The van der Waals surface area contributed by atoms with E-state index in [2.05, 4.69) is 18.3 Å². The third-order valence-corrected chi connectivity index (χ3v) is 3.20. The number of nitrogens with one attached hydrogen (secondary N) is 1. The number of hydrogen-bond donors (Lipinski definition) is 2. The van der Waals surface area contributed by atoms with Crippen molar-refractivity contribution in [3.63, 3.8) is 0 Å². The van der Waals surface area contributed by atoms with E-state index in [0.717, 1.165) is 18.0 Å². The second-order valence-electron chi connectivity index (χ2n) is 5.53. The minimum atomic E-state index is -0.691. The minimum Gasteiger partial charge on any atom is -0.493 e. The van der Waals surface area contributed by atoms with Gasteiger partial charge in [-0.05, 0) is 32.5 Å². The van der Waals surface area contributed by atoms with Gasteiger partial charge in [-0.25, -0.2) is 0 Å². The van der Waals surface area contributed by atoms with Crippen LogP contribution in [0, 0.1) is 0 Å². The summed E-state index contributed by atoms with van der Waals surface area (Å²) in [6.07, 6.45) is 0.602. The number of rotatable bonds is 6. The molecular formula is C15H23NO3. The van der Waals surface area contributed by atoms with Crippen molar-refractivity contribution in [2.45, 2.75) is 38.8 Å². The molecule has 0 spiro atoms. The van der Waals surface area contributed by atoms with Crippen molar-refractivity contribution in [2.75, 3.05) is 19.8 Å². The normalized spacial score (nSPS) is 18.0. The molecule has 19 heavy (non-hydrogen) atoms. The van der Waals surface area contributed by atoms with Gasteiger partial charge in [0.1, 0.15) is 18.1 Å². The largest absolute Gasteiger partial charge is 0.493 e. The first-order chi connectivity index (χ1) is 8.99. The van der Waals surface area contributed by atoms with E-state index < -0.39 is 5.60 Å². The molecule has 0 aliphatic carbocycles. The van der Waals surface area contributed by atoms with Crippen LogP contribution in [0.4, 0.5) is 0 Å². The van der Waals surface area contributed by atoms with Crippen molar-refractivity contribution in [3.05, 3.63) is 23.8 Å². The van der Waals surface area contributed by atoms with E-state index in [9.17, 15) is 5.11 Å². The van der Waals surface area contributed by atoms with Crippen LogP contribution in [-0.4, -0.2) is 30.5 Å². The van der Waals surface area contributed by atoms with Gasteiger partial charge in [-0.15, -0.1) is 0 Å². The summed E-state index contributed by atoms with van der Waals surface area (Å²) in [6.45, 7) is 7.75. The monoisotopic (exact) mass is 265 g/mol. The standard InChI is InChI=1S/C15H23NO3/c1-4-16-13-10-19-14-9-11(5-6-12(13)14)18-8-7-15(2,3)17/h5-6,9,13,16-17H,4,7-8,10H2,1-3H3. The van der Waals surface area contributed by atoms with Gasteiger partial charge >= 0.3 is 0 Å². The first-order valence-electron chi connectivity index (χ1n) is 6.85. The smallest absolute Gasteiger partial charge is 0.127 e. The Morgan fingerprint density at radius 2 is 2.26 bits per heavy atom. The van der Waals surface area contributed by atoms with Crippen molar-refractivity contribution in [3.8, 4) is 11.5 Å². The molecule has 0 fully saturated rings. The molecule has 1 aliphatic rings. The van der Waals surface area contributed by atoms with Gasteiger partial charge in [0.15, 0.2) is 0 Å². The van der Waals surface area contributed by atoms with Crippen LogP contribution in [-0.2, 0) is 0 Å². The fourth-order valence-corrected chi connectivity index (χ4v) is 2.11. The average Bonchev–Trinajstić information content (AvgIpc) is 2.71. The second-order valence-corrected chi connectivity index (χ2v) is 5.53. The predicted molar refractivity (Wildman–Crippen MR) is 74.8 cm³/mol. The summed E-state index contributed by atoms with van der Waals surface area (Å²) < 4.78 is 11.3. The topological polar surface area (TPSA) is 50.7 Å². The van der Waals surface area contributed by atoms with Gasteiger partial charge in [-0.2, -0.15) is 0 Å². The molecule has 4 heteroatoms. The molecule has 0 bridgehead atoms. The molecule has 106 valence electrons. The number of hydrogen-bond acceptors (Lipinski definition) is 4. The summed E-state index contributed by atoms with van der Waals surface area (Å²) in [7, 11) is 0. The summed E-state index contributed by atoms with van der Waals surface area (Å²) >= 11 is 0. The first-order valence-corrected chi connectivity index (χ1v) is 6.85. The van der Waals surface area contributed by atoms with Crippen LogP contribution < -0.4 is 14.8 Å². The molecule has 0 amide bonds. The van der Waals surface area contributed by atoms with Crippen LogP contribution in [0.15, 0.2) is 18.2 Å². The fourth-order valence-electron chi connectivity index (χ4n) is 2.11. The Morgan fingerprint density at radius 3 is 2.95 bits per heavy atom. The van der Waals surface area contributed by atoms with E-state index in [1.807, 2.05) is 12.1 Å². The zero-order valence-electron chi connectivity index (χ0n) is 11.9. The Kier molecular flexibility index (Phi) is 4.32. The maximum Gasteiger partial charge on any atom is 0.127 e. The van der Waals surface area contributed by atoms with Crippen molar-refractivity contribution in [1.82, 2.24) is 5.32 Å². The van der Waals surface area contributed by atoms with Crippen LogP contribution in [0.2, 0.25) is 0 Å². The van der Waals surface area contributed by atoms with Crippen molar-refractivity contribution >= 4 is 0 Å². The molecule has 1 atom stereocenters. The highest BCUT2D eigenvalue weighted by Crippen LogP contribution is 2.35. The van der Waals surface area contributed by atoms with Gasteiger partial charge in [0, 0.05) is 18.1 Å². The molecule has 0 saturated heterocycles. The molecule has 2 rings (SSSR count). The van der Waals surface area contributed by atoms with E-state index in [4.69, 9.17) is 9.47 Å². The maximum atomic E-state index is 9.63. The number of fused-ring (bicyclic) bond motifs is 1. The molecular weight excluding hydrogens is 242 g/mol. The molecule has 4 nitrogen and oxygen atoms in total. The van der Waals surface area contributed by atoms with Crippen LogP contribution in [0.1, 0.15) is 38.8 Å². The summed E-state index contributed by atoms with van der Waals surface area (Å²) in [4.78, 5) is 0. The first kappa shape index (κ1) is 14.2. The fraction of sp³-hybridized carbons (Fsp3) is 0.600. The molecule has 1 aromatic rings. The van der Waals surface area contributed by atoms with Gasteiger partial charge < -0.3 is 19.9 Å². The van der Waals surface area contributed by atoms with Crippen LogP contribution in [0.5, 0.6) is 11.5 Å². The highest BCUT2D eigenvalue weighted by atomic mass is 16.5. The van der Waals surface area contributed by atoms with Crippen molar-refractivity contribution in [1.29, 1.82) is 0 Å². The third-order valence-electron chi connectivity index (χ3n) is 3.20. The lowest BCUT2D eigenvalue weighted by Crippen LogP contribution is -2.22. The number of aliphatic hydroxyl groups is 1. The van der Waals surface area contributed by atoms with E-state index in [1.54, 1.807) is 13.8 Å². The summed E-state index contributed by atoms with van der Waals surface area (Å²) in [5, 5.41) is 13.0. The maximum absolute atomic E-state index is 9.63. The van der Waals surface area contributed by atoms with Crippen molar-refractivity contribution < 1.29 is 14.6 Å². The van der Waals surface area contributed by atoms with E-state index >= 15 is 0 Å². The van der Waals surface area contributed by atoms with E-state index in [1.165, 1.54) is 5.56 Å². The molecule has 1 unspecified atom stereocenters. The summed E-state index contributed by atoms with van der Waals surface area (Å²) in [5.74, 6) is 1.69. The molecule has 0 radical (unpaired) electrons. The Hall–Kier alpha value is -1.26. The molecule has 0 saturated carbocycles. The average molecular weight is 265 g/mol. The SMILES string of the molecule is CCNC1COc2cc(OCCC(C)(C)O)ccc21. The lowest BCUT2D eigenvalue weighted by atomic mass is 10.1. The highest BCUT2D eigenvalue weighted by molar-refractivity contribution is 5.45. The molecule has 1 aliphatic heterocycles. The van der Waals surface area contributed by atoms with Crippen LogP contribution in [0.3, 0.4) is 0 Å². The Labute approximate surface area is 114 Å².